The van der Waals surface area contributed by atoms with Crippen LogP contribution in [0.25, 0.3) is 6.08 Å². The second kappa shape index (κ2) is 9.27. The van der Waals surface area contributed by atoms with Crippen molar-refractivity contribution in [2.24, 2.45) is 0 Å². The lowest BCUT2D eigenvalue weighted by Crippen LogP contribution is -2.36. The molecule has 1 heterocycles. The molecule has 0 aromatic heterocycles. The van der Waals surface area contributed by atoms with E-state index in [0.29, 0.717) is 4.91 Å². The van der Waals surface area contributed by atoms with Gasteiger partial charge in [0.1, 0.15) is 10.9 Å². The first-order chi connectivity index (χ1) is 14.3. The van der Waals surface area contributed by atoms with E-state index in [0.717, 1.165) is 34.4 Å². The Morgan fingerprint density at radius 3 is 2.47 bits per heavy atom. The maximum absolute atomic E-state index is 13.1. The van der Waals surface area contributed by atoms with Gasteiger partial charge in [0.15, 0.2) is 0 Å². The molecule has 0 bridgehead atoms. The average Bonchev–Trinajstić information content (AvgIpc) is 2.96. The minimum atomic E-state index is -4.61. The van der Waals surface area contributed by atoms with Crippen LogP contribution in [0.5, 0.6) is 0 Å². The van der Waals surface area contributed by atoms with Crippen molar-refractivity contribution in [3.05, 3.63) is 82.8 Å². The molecule has 0 unspecified atom stereocenters. The minimum absolute atomic E-state index is 0.165. The molecule has 1 saturated heterocycles. The van der Waals surface area contributed by atoms with Crippen molar-refractivity contribution < 1.29 is 22.8 Å². The number of thioether (sulfide) groups is 1. The van der Waals surface area contributed by atoms with E-state index in [4.69, 9.17) is 12.2 Å². The van der Waals surface area contributed by atoms with Crippen molar-refractivity contribution in [2.45, 2.75) is 6.18 Å². The van der Waals surface area contributed by atoms with Crippen LogP contribution in [0, 0.1) is 0 Å². The molecule has 2 amide bonds. The smallest absolute Gasteiger partial charge is 0.324 e. The van der Waals surface area contributed by atoms with Gasteiger partial charge in [0.05, 0.1) is 16.2 Å². The van der Waals surface area contributed by atoms with Gasteiger partial charge in [-0.2, -0.15) is 13.2 Å². The number of anilines is 1. The zero-order valence-corrected chi connectivity index (χ0v) is 17.0. The van der Waals surface area contributed by atoms with E-state index in [2.05, 4.69) is 5.32 Å². The van der Waals surface area contributed by atoms with Crippen LogP contribution >= 0.6 is 24.0 Å². The number of halogens is 3. The summed E-state index contributed by atoms with van der Waals surface area (Å²) in [5.74, 6) is -1.24. The molecule has 0 saturated carbocycles. The number of amides is 2. The Kier molecular flexibility index (Phi) is 6.73. The van der Waals surface area contributed by atoms with Crippen LogP contribution < -0.4 is 5.32 Å². The molecule has 2 aromatic rings. The molecule has 154 valence electrons. The Labute approximate surface area is 180 Å². The number of benzene rings is 2. The Morgan fingerprint density at radius 1 is 1.10 bits per heavy atom. The molecule has 30 heavy (non-hydrogen) atoms. The summed E-state index contributed by atoms with van der Waals surface area (Å²) in [7, 11) is 0. The van der Waals surface area contributed by atoms with Gasteiger partial charge in [0.2, 0.25) is 5.91 Å². The van der Waals surface area contributed by atoms with E-state index in [-0.39, 0.29) is 10.0 Å². The lowest BCUT2D eigenvalue weighted by Gasteiger charge is -2.16. The molecule has 1 aliphatic heterocycles. The van der Waals surface area contributed by atoms with Gasteiger partial charge in [-0.15, -0.1) is 0 Å². The molecule has 9 heteroatoms. The van der Waals surface area contributed by atoms with Gasteiger partial charge in [-0.3, -0.25) is 14.5 Å². The number of hydrogen-bond donors (Lipinski definition) is 1. The Hall–Kier alpha value is -2.91. The molecule has 1 aliphatic rings. The fourth-order valence-corrected chi connectivity index (χ4v) is 3.84. The predicted molar refractivity (Wildman–Crippen MR) is 116 cm³/mol. The fraction of sp³-hybridized carbons (Fsp3) is 0.0952. The van der Waals surface area contributed by atoms with Crippen molar-refractivity contribution in [2.75, 3.05) is 11.9 Å². The number of carbonyl (C=O) groups excluding carboxylic acids is 2. The minimum Gasteiger partial charge on any atom is -0.324 e. The summed E-state index contributed by atoms with van der Waals surface area (Å²) in [6, 6.07) is 14.1. The van der Waals surface area contributed by atoms with E-state index >= 15 is 0 Å². The number of alkyl halides is 3. The maximum atomic E-state index is 13.1. The Morgan fingerprint density at radius 2 is 1.77 bits per heavy atom. The first-order valence-corrected chi connectivity index (χ1v) is 9.91. The van der Waals surface area contributed by atoms with Crippen LogP contribution in [-0.4, -0.2) is 27.6 Å². The quantitative estimate of drug-likeness (QED) is 0.511. The third-order valence-electron chi connectivity index (χ3n) is 4.02. The SMILES string of the molecule is O=C(CN1C(=O)/C(=C/C=C/c2ccccc2)SC1=S)Nc1ccccc1C(F)(F)F. The summed E-state index contributed by atoms with van der Waals surface area (Å²) in [5.41, 5.74) is -0.386. The largest absolute Gasteiger partial charge is 0.418 e. The van der Waals surface area contributed by atoms with Crippen LogP contribution in [-0.2, 0) is 15.8 Å². The summed E-state index contributed by atoms with van der Waals surface area (Å²) >= 11 is 6.18. The van der Waals surface area contributed by atoms with Gasteiger partial charge in [0, 0.05) is 0 Å². The van der Waals surface area contributed by atoms with Crippen molar-refractivity contribution in [3.63, 3.8) is 0 Å². The Bertz CT molecular complexity index is 1030. The molecule has 1 N–H and O–H groups in total. The van der Waals surface area contributed by atoms with E-state index in [1.54, 1.807) is 12.2 Å². The lowest BCUT2D eigenvalue weighted by molar-refractivity contribution is -0.137. The standard InChI is InChI=1S/C21H15F3N2O2S2/c22-21(23,24)15-10-4-5-11-16(15)25-18(27)13-26-19(28)17(30-20(26)29)12-6-9-14-7-2-1-3-8-14/h1-12H,13H2,(H,25,27)/b9-6+,17-12-. The van der Waals surface area contributed by atoms with Gasteiger partial charge >= 0.3 is 6.18 Å². The van der Waals surface area contributed by atoms with Gasteiger partial charge in [-0.1, -0.05) is 78.6 Å². The second-order valence-corrected chi connectivity index (χ2v) is 7.83. The molecule has 4 nitrogen and oxygen atoms in total. The van der Waals surface area contributed by atoms with Crippen molar-refractivity contribution in [1.29, 1.82) is 0 Å². The number of nitrogens with zero attached hydrogens (tertiary/aromatic N) is 1. The molecular formula is C21H15F3N2O2S2. The molecular weight excluding hydrogens is 433 g/mol. The molecule has 0 radical (unpaired) electrons. The summed E-state index contributed by atoms with van der Waals surface area (Å²) in [6.45, 7) is -0.476. The number of nitrogens with one attached hydrogen (secondary N) is 1. The number of carbonyl (C=O) groups is 2. The molecule has 3 rings (SSSR count). The number of allylic oxidation sites excluding steroid dienone is 2. The van der Waals surface area contributed by atoms with Crippen molar-refractivity contribution >= 4 is 51.9 Å². The summed E-state index contributed by atoms with van der Waals surface area (Å²) < 4.78 is 39.4. The molecule has 0 atom stereocenters. The second-order valence-electron chi connectivity index (χ2n) is 6.15. The van der Waals surface area contributed by atoms with E-state index < -0.39 is 30.1 Å². The van der Waals surface area contributed by atoms with Crippen molar-refractivity contribution in [1.82, 2.24) is 4.90 Å². The maximum Gasteiger partial charge on any atom is 0.418 e. The monoisotopic (exact) mass is 448 g/mol. The molecule has 2 aromatic carbocycles. The van der Waals surface area contributed by atoms with Crippen LogP contribution in [0.2, 0.25) is 0 Å². The first-order valence-electron chi connectivity index (χ1n) is 8.69. The van der Waals surface area contributed by atoms with Gasteiger partial charge < -0.3 is 5.32 Å². The fourth-order valence-electron chi connectivity index (χ4n) is 2.63. The van der Waals surface area contributed by atoms with E-state index in [9.17, 15) is 22.8 Å². The lowest BCUT2D eigenvalue weighted by atomic mass is 10.1. The summed E-state index contributed by atoms with van der Waals surface area (Å²) in [6.07, 6.45) is 0.483. The predicted octanol–water partition coefficient (Wildman–Crippen LogP) is 5.10. The number of para-hydroxylation sites is 1. The van der Waals surface area contributed by atoms with E-state index in [1.807, 2.05) is 36.4 Å². The third-order valence-corrected chi connectivity index (χ3v) is 5.41. The number of rotatable bonds is 5. The average molecular weight is 448 g/mol. The highest BCUT2D eigenvalue weighted by Crippen LogP contribution is 2.35. The third kappa shape index (κ3) is 5.37. The zero-order valence-electron chi connectivity index (χ0n) is 15.3. The van der Waals surface area contributed by atoms with Gasteiger partial charge in [0.25, 0.3) is 5.91 Å². The Balaban J connectivity index is 1.67. The molecule has 1 fully saturated rings. The molecule has 0 spiro atoms. The zero-order chi connectivity index (χ0) is 21.7. The summed E-state index contributed by atoms with van der Waals surface area (Å²) in [4.78, 5) is 26.2. The highest BCUT2D eigenvalue weighted by Gasteiger charge is 2.35. The highest BCUT2D eigenvalue weighted by molar-refractivity contribution is 8.26. The van der Waals surface area contributed by atoms with Crippen molar-refractivity contribution in [3.8, 4) is 0 Å². The van der Waals surface area contributed by atoms with E-state index in [1.165, 1.54) is 12.1 Å². The van der Waals surface area contributed by atoms with Crippen LogP contribution in [0.15, 0.2) is 71.7 Å². The molecule has 0 aliphatic carbocycles. The topological polar surface area (TPSA) is 49.4 Å². The normalized spacial score (nSPS) is 16.0. The first kappa shape index (κ1) is 21.8. The van der Waals surface area contributed by atoms with Gasteiger partial charge in [-0.25, -0.2) is 0 Å². The number of thiocarbonyl (C=S) groups is 1. The summed E-state index contributed by atoms with van der Waals surface area (Å²) in [5, 5.41) is 2.21. The number of hydrogen-bond acceptors (Lipinski definition) is 4. The van der Waals surface area contributed by atoms with Gasteiger partial charge in [-0.05, 0) is 23.8 Å². The van der Waals surface area contributed by atoms with Crippen LogP contribution in [0.3, 0.4) is 0 Å². The van der Waals surface area contributed by atoms with Crippen LogP contribution in [0.1, 0.15) is 11.1 Å². The highest BCUT2D eigenvalue weighted by atomic mass is 32.2. The van der Waals surface area contributed by atoms with Crippen LogP contribution in [0.4, 0.5) is 18.9 Å².